The van der Waals surface area contributed by atoms with E-state index in [1.54, 1.807) is 0 Å². The van der Waals surface area contributed by atoms with Crippen LogP contribution in [0.4, 0.5) is 0 Å². The fraction of sp³-hybridized carbons (Fsp3) is 0.118. The minimum atomic E-state index is 0. The smallest absolute Gasteiger partial charge is 0.0271 e. The standard InChI is InChI=1S/C12H13N2.C5H5.Fe/c1-2-4-11(3-1)9-14-10-12-5-7-13-8-6-12;1-2-4-5-3-1;/h1-8,14H,9-10H2;1-5H;/q-5;-1;. The molecule has 20 heavy (non-hydrogen) atoms. The third-order valence-electron chi connectivity index (χ3n) is 2.69. The van der Waals surface area contributed by atoms with E-state index in [-0.39, 0.29) is 17.1 Å². The predicted octanol–water partition coefficient (Wildman–Crippen LogP) is 3.49. The van der Waals surface area contributed by atoms with Crippen molar-refractivity contribution in [2.45, 2.75) is 13.1 Å². The van der Waals surface area contributed by atoms with Crippen LogP contribution in [0.5, 0.6) is 0 Å². The monoisotopic (exact) mass is 306 g/mol. The molecule has 0 spiro atoms. The molecule has 0 amide bonds. The Hall–Kier alpha value is -1.67. The van der Waals surface area contributed by atoms with Gasteiger partial charge in [0.25, 0.3) is 0 Å². The van der Waals surface area contributed by atoms with E-state index < -0.39 is 0 Å². The Balaban J connectivity index is 0.000000283. The second kappa shape index (κ2) is 10.2. The van der Waals surface area contributed by atoms with Crippen LogP contribution in [-0.4, -0.2) is 4.98 Å². The summed E-state index contributed by atoms with van der Waals surface area (Å²) < 4.78 is 0. The zero-order valence-electron chi connectivity index (χ0n) is 11.2. The Morgan fingerprint density at radius 2 is 1.70 bits per heavy atom. The largest absolute Gasteiger partial charge is 0.748 e. The molecule has 1 aromatic heterocycles. The van der Waals surface area contributed by atoms with Crippen molar-refractivity contribution in [3.8, 4) is 0 Å². The third-order valence-corrected chi connectivity index (χ3v) is 2.69. The van der Waals surface area contributed by atoms with Crippen molar-refractivity contribution in [1.29, 1.82) is 0 Å². The first-order valence-electron chi connectivity index (χ1n) is 6.42. The average molecular weight is 306 g/mol. The van der Waals surface area contributed by atoms with Crippen LogP contribution in [0.2, 0.25) is 0 Å². The summed E-state index contributed by atoms with van der Waals surface area (Å²) in [5.41, 5.74) is 2.60. The molecule has 3 aromatic rings. The SMILES string of the molecule is [Fe].c1cc(CNC[c-]2[cH-][cH-][cH-][cH-]2)ccn1.c1cc[cH-]c1. The maximum absolute atomic E-state index is 3.98. The van der Waals surface area contributed by atoms with Gasteiger partial charge in [-0.25, -0.2) is 12.1 Å². The van der Waals surface area contributed by atoms with Crippen LogP contribution in [0.25, 0.3) is 0 Å². The fourth-order valence-electron chi connectivity index (χ4n) is 1.70. The zero-order valence-corrected chi connectivity index (χ0v) is 12.3. The van der Waals surface area contributed by atoms with Gasteiger partial charge in [0.05, 0.1) is 0 Å². The van der Waals surface area contributed by atoms with E-state index in [1.165, 1.54) is 11.1 Å². The van der Waals surface area contributed by atoms with Crippen LogP contribution in [-0.2, 0) is 30.2 Å². The van der Waals surface area contributed by atoms with Gasteiger partial charge in [0.2, 0.25) is 0 Å². The maximum Gasteiger partial charge on any atom is 0.0271 e. The minimum Gasteiger partial charge on any atom is -0.748 e. The number of aromatic nitrogens is 1. The summed E-state index contributed by atoms with van der Waals surface area (Å²) >= 11 is 0. The molecule has 0 radical (unpaired) electrons. The molecule has 1 N–H and O–H groups in total. The summed E-state index contributed by atoms with van der Waals surface area (Å²) in [4.78, 5) is 3.98. The summed E-state index contributed by atoms with van der Waals surface area (Å²) in [6.07, 6.45) is 3.64. The third kappa shape index (κ3) is 6.48. The van der Waals surface area contributed by atoms with Crippen LogP contribution in [0.3, 0.4) is 0 Å². The van der Waals surface area contributed by atoms with E-state index in [9.17, 15) is 0 Å². The van der Waals surface area contributed by atoms with Crippen molar-refractivity contribution in [1.82, 2.24) is 10.3 Å². The summed E-state index contributed by atoms with van der Waals surface area (Å²) in [7, 11) is 0. The summed E-state index contributed by atoms with van der Waals surface area (Å²) in [5, 5.41) is 3.38. The molecule has 1 heterocycles. The molecule has 110 valence electrons. The molecule has 3 rings (SSSR count). The Kier molecular flexibility index (Phi) is 8.32. The Labute approximate surface area is 131 Å². The van der Waals surface area contributed by atoms with Crippen LogP contribution < -0.4 is 5.32 Å². The Morgan fingerprint density at radius 1 is 1.05 bits per heavy atom. The molecule has 0 aliphatic heterocycles. The van der Waals surface area contributed by atoms with E-state index in [0.717, 1.165) is 13.1 Å². The number of hydrogen-bond donors (Lipinski definition) is 1. The minimum absolute atomic E-state index is 0. The number of nitrogens with zero attached hydrogens (tertiary/aromatic N) is 1. The van der Waals surface area contributed by atoms with E-state index in [0.29, 0.717) is 0 Å². The van der Waals surface area contributed by atoms with Gasteiger partial charge in [-0.15, -0.1) is 0 Å². The zero-order chi connectivity index (χ0) is 13.2. The molecule has 2 nitrogen and oxygen atoms in total. The van der Waals surface area contributed by atoms with Crippen LogP contribution >= 0.6 is 0 Å². The van der Waals surface area contributed by atoms with Crippen molar-refractivity contribution in [3.05, 3.63) is 90.3 Å². The van der Waals surface area contributed by atoms with E-state index in [1.807, 2.05) is 54.9 Å². The molecule has 0 fully saturated rings. The van der Waals surface area contributed by atoms with Gasteiger partial charge in [-0.3, -0.25) is 4.98 Å². The summed E-state index contributed by atoms with van der Waals surface area (Å²) in [6.45, 7) is 1.82. The molecule has 2 aromatic carbocycles. The number of nitrogens with one attached hydrogen (secondary N) is 1. The molecule has 0 atom stereocenters. The molecule has 0 bridgehead atoms. The number of hydrogen-bond acceptors (Lipinski definition) is 2. The molecule has 0 saturated heterocycles. The van der Waals surface area contributed by atoms with Gasteiger partial charge in [0, 0.05) is 36.0 Å². The quantitative estimate of drug-likeness (QED) is 0.589. The topological polar surface area (TPSA) is 24.9 Å². The predicted molar refractivity (Wildman–Crippen MR) is 78.9 cm³/mol. The number of rotatable bonds is 4. The first-order valence-corrected chi connectivity index (χ1v) is 6.42. The van der Waals surface area contributed by atoms with Crippen molar-refractivity contribution in [3.63, 3.8) is 0 Å². The molecular weight excluding hydrogens is 288 g/mol. The molecular formula is C17H18FeN2-6. The van der Waals surface area contributed by atoms with Crippen molar-refractivity contribution < 1.29 is 17.1 Å². The molecule has 0 saturated carbocycles. The second-order valence-corrected chi connectivity index (χ2v) is 4.21. The maximum atomic E-state index is 3.98. The van der Waals surface area contributed by atoms with Gasteiger partial charge in [-0.2, -0.15) is 24.7 Å². The van der Waals surface area contributed by atoms with Gasteiger partial charge in [0.1, 0.15) is 0 Å². The fourth-order valence-corrected chi connectivity index (χ4v) is 1.70. The van der Waals surface area contributed by atoms with Gasteiger partial charge in [-0.1, -0.05) is 0 Å². The summed E-state index contributed by atoms with van der Waals surface area (Å²) in [6, 6.07) is 22.4. The Bertz CT molecular complexity index is 498. The summed E-state index contributed by atoms with van der Waals surface area (Å²) in [5.74, 6) is 0. The molecule has 0 aliphatic carbocycles. The van der Waals surface area contributed by atoms with Crippen LogP contribution in [0, 0.1) is 0 Å². The first-order chi connectivity index (χ1) is 9.45. The van der Waals surface area contributed by atoms with E-state index >= 15 is 0 Å². The van der Waals surface area contributed by atoms with Crippen molar-refractivity contribution in [2.24, 2.45) is 0 Å². The van der Waals surface area contributed by atoms with Gasteiger partial charge < -0.3 is 35.1 Å². The van der Waals surface area contributed by atoms with Crippen LogP contribution in [0.1, 0.15) is 11.1 Å². The van der Waals surface area contributed by atoms with Gasteiger partial charge in [-0.05, 0) is 17.7 Å². The van der Waals surface area contributed by atoms with E-state index in [2.05, 4.69) is 34.6 Å². The molecule has 0 aliphatic rings. The Morgan fingerprint density at radius 3 is 2.25 bits per heavy atom. The van der Waals surface area contributed by atoms with Crippen molar-refractivity contribution in [2.75, 3.05) is 0 Å². The normalized spacial score (nSPS) is 9.20. The van der Waals surface area contributed by atoms with Gasteiger partial charge in [0.15, 0.2) is 0 Å². The second-order valence-electron chi connectivity index (χ2n) is 4.21. The average Bonchev–Trinajstić information content (AvgIpc) is 3.16. The number of pyridine rings is 1. The van der Waals surface area contributed by atoms with E-state index in [4.69, 9.17) is 0 Å². The molecule has 0 unspecified atom stereocenters. The first kappa shape index (κ1) is 16.4. The molecule has 3 heteroatoms. The van der Waals surface area contributed by atoms with Gasteiger partial charge >= 0.3 is 0 Å². The van der Waals surface area contributed by atoms with Crippen LogP contribution in [0.15, 0.2) is 79.1 Å². The van der Waals surface area contributed by atoms with Crippen molar-refractivity contribution >= 4 is 0 Å².